The molecule has 14 heavy (non-hydrogen) atoms. The minimum absolute atomic E-state index is 0.680. The van der Waals surface area contributed by atoms with Crippen LogP contribution in [0.5, 0.6) is 0 Å². The van der Waals surface area contributed by atoms with Gasteiger partial charge in [0, 0.05) is 25.2 Å². The molecule has 78 valence electrons. The Morgan fingerprint density at radius 1 is 1.50 bits per heavy atom. The molecule has 0 aliphatic heterocycles. The second-order valence-electron chi connectivity index (χ2n) is 3.32. The Labute approximate surface area is 90.9 Å². The van der Waals surface area contributed by atoms with Gasteiger partial charge in [0.2, 0.25) is 0 Å². The summed E-state index contributed by atoms with van der Waals surface area (Å²) in [5, 5.41) is 0. The van der Waals surface area contributed by atoms with Gasteiger partial charge in [-0.05, 0) is 25.1 Å². The molecule has 1 aromatic heterocycles. The first kappa shape index (κ1) is 11.5. The Morgan fingerprint density at radius 3 is 2.86 bits per heavy atom. The van der Waals surface area contributed by atoms with Gasteiger partial charge in [-0.2, -0.15) is 0 Å². The van der Waals surface area contributed by atoms with E-state index in [1.165, 1.54) is 5.56 Å². The minimum atomic E-state index is 0.680. The van der Waals surface area contributed by atoms with Crippen molar-refractivity contribution in [2.24, 2.45) is 0 Å². The quantitative estimate of drug-likeness (QED) is 0.698. The van der Waals surface area contributed by atoms with Crippen molar-refractivity contribution in [1.82, 2.24) is 9.88 Å². The fourth-order valence-electron chi connectivity index (χ4n) is 1.36. The second kappa shape index (κ2) is 5.99. The topological polar surface area (TPSA) is 16.1 Å². The van der Waals surface area contributed by atoms with Gasteiger partial charge in [0.1, 0.15) is 0 Å². The van der Waals surface area contributed by atoms with Crippen LogP contribution in [-0.4, -0.2) is 28.9 Å². The van der Waals surface area contributed by atoms with Crippen molar-refractivity contribution in [2.75, 3.05) is 19.0 Å². The van der Waals surface area contributed by atoms with Gasteiger partial charge < -0.3 is 0 Å². The molecule has 0 aromatic carbocycles. The number of aromatic nitrogens is 1. The summed E-state index contributed by atoms with van der Waals surface area (Å²) in [5.74, 6) is 0.680. The SMILES string of the molecule is CCN(CCCl)Cc1ncccc1C. The van der Waals surface area contributed by atoms with Gasteiger partial charge in [0.05, 0.1) is 5.69 Å². The standard InChI is InChI=1S/C11H17ClN2/c1-3-14(8-6-12)9-11-10(2)5-4-7-13-11/h4-5,7H,3,6,8-9H2,1-2H3. The van der Waals surface area contributed by atoms with Gasteiger partial charge in [0.25, 0.3) is 0 Å². The number of alkyl halides is 1. The highest BCUT2D eigenvalue weighted by Gasteiger charge is 2.05. The fourth-order valence-corrected chi connectivity index (χ4v) is 1.60. The molecule has 0 unspecified atom stereocenters. The van der Waals surface area contributed by atoms with Crippen molar-refractivity contribution in [3.05, 3.63) is 29.6 Å². The molecular formula is C11H17ClN2. The molecule has 0 atom stereocenters. The van der Waals surface area contributed by atoms with Crippen LogP contribution in [0.4, 0.5) is 0 Å². The minimum Gasteiger partial charge on any atom is -0.297 e. The van der Waals surface area contributed by atoms with Crippen molar-refractivity contribution >= 4 is 11.6 Å². The number of hydrogen-bond acceptors (Lipinski definition) is 2. The monoisotopic (exact) mass is 212 g/mol. The molecular weight excluding hydrogens is 196 g/mol. The van der Waals surface area contributed by atoms with Gasteiger partial charge in [-0.3, -0.25) is 9.88 Å². The van der Waals surface area contributed by atoms with Crippen LogP contribution in [0.3, 0.4) is 0 Å². The van der Waals surface area contributed by atoms with Crippen molar-refractivity contribution in [1.29, 1.82) is 0 Å². The van der Waals surface area contributed by atoms with Crippen molar-refractivity contribution in [3.8, 4) is 0 Å². The van der Waals surface area contributed by atoms with Crippen LogP contribution in [0.25, 0.3) is 0 Å². The molecule has 0 bridgehead atoms. The maximum Gasteiger partial charge on any atom is 0.0573 e. The number of rotatable bonds is 5. The number of nitrogens with zero attached hydrogens (tertiary/aromatic N) is 2. The number of halogens is 1. The molecule has 3 heteroatoms. The molecule has 0 amide bonds. The molecule has 0 spiro atoms. The average Bonchev–Trinajstić information content (AvgIpc) is 2.20. The molecule has 0 aliphatic rings. The summed E-state index contributed by atoms with van der Waals surface area (Å²) in [6, 6.07) is 4.06. The summed E-state index contributed by atoms with van der Waals surface area (Å²) < 4.78 is 0. The van der Waals surface area contributed by atoms with Gasteiger partial charge in [-0.1, -0.05) is 13.0 Å². The Morgan fingerprint density at radius 2 is 2.29 bits per heavy atom. The lowest BCUT2D eigenvalue weighted by atomic mass is 10.2. The van der Waals surface area contributed by atoms with Crippen molar-refractivity contribution < 1.29 is 0 Å². The molecule has 1 aromatic rings. The maximum atomic E-state index is 5.72. The zero-order valence-corrected chi connectivity index (χ0v) is 9.59. The summed E-state index contributed by atoms with van der Waals surface area (Å²) >= 11 is 5.72. The highest BCUT2D eigenvalue weighted by molar-refractivity contribution is 6.18. The molecule has 2 nitrogen and oxygen atoms in total. The van der Waals surface area contributed by atoms with E-state index in [2.05, 4.69) is 29.8 Å². The molecule has 0 aliphatic carbocycles. The van der Waals surface area contributed by atoms with Crippen molar-refractivity contribution in [2.45, 2.75) is 20.4 Å². The van der Waals surface area contributed by atoms with Gasteiger partial charge in [-0.25, -0.2) is 0 Å². The lowest BCUT2D eigenvalue weighted by Gasteiger charge is -2.19. The first-order valence-corrected chi connectivity index (χ1v) is 5.50. The molecule has 0 N–H and O–H groups in total. The summed E-state index contributed by atoms with van der Waals surface area (Å²) in [7, 11) is 0. The fraction of sp³-hybridized carbons (Fsp3) is 0.545. The van der Waals surface area contributed by atoms with Crippen LogP contribution in [0.2, 0.25) is 0 Å². The van der Waals surface area contributed by atoms with E-state index in [1.807, 2.05) is 12.3 Å². The molecule has 0 fully saturated rings. The van der Waals surface area contributed by atoms with E-state index in [0.29, 0.717) is 5.88 Å². The van der Waals surface area contributed by atoms with Crippen LogP contribution >= 0.6 is 11.6 Å². The first-order chi connectivity index (χ1) is 6.77. The summed E-state index contributed by atoms with van der Waals surface area (Å²) in [6.07, 6.45) is 1.84. The third kappa shape index (κ3) is 3.28. The Balaban J connectivity index is 2.62. The van der Waals surface area contributed by atoms with Crippen LogP contribution in [0.1, 0.15) is 18.2 Å². The van der Waals surface area contributed by atoms with E-state index >= 15 is 0 Å². The third-order valence-corrected chi connectivity index (χ3v) is 2.51. The van der Waals surface area contributed by atoms with Gasteiger partial charge in [-0.15, -0.1) is 11.6 Å². The number of pyridine rings is 1. The first-order valence-electron chi connectivity index (χ1n) is 4.96. The number of hydrogen-bond donors (Lipinski definition) is 0. The molecule has 1 rings (SSSR count). The molecule has 0 saturated carbocycles. The highest BCUT2D eigenvalue weighted by atomic mass is 35.5. The summed E-state index contributed by atoms with van der Waals surface area (Å²) in [5.41, 5.74) is 2.40. The average molecular weight is 213 g/mol. The predicted octanol–water partition coefficient (Wildman–Crippen LogP) is 2.45. The maximum absolute atomic E-state index is 5.72. The van der Waals surface area contributed by atoms with Crippen LogP contribution in [0, 0.1) is 6.92 Å². The van der Waals surface area contributed by atoms with Gasteiger partial charge in [0.15, 0.2) is 0 Å². The van der Waals surface area contributed by atoms with Crippen LogP contribution in [-0.2, 0) is 6.54 Å². The van der Waals surface area contributed by atoms with E-state index in [9.17, 15) is 0 Å². The van der Waals surface area contributed by atoms with Crippen LogP contribution < -0.4 is 0 Å². The number of aryl methyl sites for hydroxylation is 1. The second-order valence-corrected chi connectivity index (χ2v) is 3.70. The van der Waals surface area contributed by atoms with E-state index in [0.717, 1.165) is 25.3 Å². The zero-order chi connectivity index (χ0) is 10.4. The lowest BCUT2D eigenvalue weighted by molar-refractivity contribution is 0.293. The van der Waals surface area contributed by atoms with E-state index < -0.39 is 0 Å². The smallest absolute Gasteiger partial charge is 0.0573 e. The third-order valence-electron chi connectivity index (χ3n) is 2.34. The zero-order valence-electron chi connectivity index (χ0n) is 8.83. The highest BCUT2D eigenvalue weighted by Crippen LogP contribution is 2.06. The van der Waals surface area contributed by atoms with Crippen molar-refractivity contribution in [3.63, 3.8) is 0 Å². The normalized spacial score (nSPS) is 10.9. The Bertz CT molecular complexity index is 276. The van der Waals surface area contributed by atoms with Crippen LogP contribution in [0.15, 0.2) is 18.3 Å². The molecule has 0 radical (unpaired) electrons. The van der Waals surface area contributed by atoms with Gasteiger partial charge >= 0.3 is 0 Å². The summed E-state index contributed by atoms with van der Waals surface area (Å²) in [6.45, 7) is 7.08. The van der Waals surface area contributed by atoms with E-state index in [-0.39, 0.29) is 0 Å². The van der Waals surface area contributed by atoms with E-state index in [4.69, 9.17) is 11.6 Å². The largest absolute Gasteiger partial charge is 0.297 e. The lowest BCUT2D eigenvalue weighted by Crippen LogP contribution is -2.25. The molecule has 1 heterocycles. The predicted molar refractivity (Wildman–Crippen MR) is 60.6 cm³/mol. The Kier molecular flexibility index (Phi) is 4.91. The Hall–Kier alpha value is -0.600. The molecule has 0 saturated heterocycles. The van der Waals surface area contributed by atoms with E-state index in [1.54, 1.807) is 0 Å². The summed E-state index contributed by atoms with van der Waals surface area (Å²) in [4.78, 5) is 6.66.